The molecule has 0 radical (unpaired) electrons. The Morgan fingerprint density at radius 3 is 2.75 bits per heavy atom. The molecule has 84 valence electrons. The zero-order valence-electron chi connectivity index (χ0n) is 9.33. The molecule has 0 bridgehead atoms. The highest BCUT2D eigenvalue weighted by molar-refractivity contribution is 7.10. The number of hydrogen-bond acceptors (Lipinski definition) is 2. The molecule has 1 heterocycles. The second-order valence-corrected chi connectivity index (χ2v) is 4.82. The van der Waals surface area contributed by atoms with Gasteiger partial charge in [0.05, 0.1) is 6.04 Å². The molecule has 0 aliphatic carbocycles. The van der Waals surface area contributed by atoms with Crippen molar-refractivity contribution in [3.8, 4) is 0 Å². The Kier molecular flexibility index (Phi) is 3.25. The molecule has 1 unspecified atom stereocenters. The standard InChI is InChI=1S/C13H14FNS/c1-9-5-6-11(8-12(9)14)15-10(2)13-4-3-7-16-13/h3-8,10,15H,1-2H3. The number of thiophene rings is 1. The van der Waals surface area contributed by atoms with Gasteiger partial charge in [0.15, 0.2) is 0 Å². The van der Waals surface area contributed by atoms with Gasteiger partial charge in [0, 0.05) is 10.6 Å². The van der Waals surface area contributed by atoms with E-state index in [1.807, 2.05) is 17.5 Å². The molecular formula is C13H14FNS. The average Bonchev–Trinajstić information content (AvgIpc) is 2.77. The highest BCUT2D eigenvalue weighted by atomic mass is 32.1. The third kappa shape index (κ3) is 2.42. The minimum absolute atomic E-state index is 0.164. The van der Waals surface area contributed by atoms with Crippen molar-refractivity contribution < 1.29 is 4.39 Å². The second-order valence-electron chi connectivity index (χ2n) is 3.85. The fourth-order valence-electron chi connectivity index (χ4n) is 1.54. The largest absolute Gasteiger partial charge is 0.378 e. The predicted octanol–water partition coefficient (Wildman–Crippen LogP) is 4.37. The van der Waals surface area contributed by atoms with Crippen LogP contribution in [0, 0.1) is 12.7 Å². The second kappa shape index (κ2) is 4.66. The number of nitrogens with one attached hydrogen (secondary N) is 1. The van der Waals surface area contributed by atoms with E-state index in [1.54, 1.807) is 30.4 Å². The van der Waals surface area contributed by atoms with E-state index in [-0.39, 0.29) is 11.9 Å². The predicted molar refractivity (Wildman–Crippen MR) is 67.5 cm³/mol. The molecule has 1 nitrogen and oxygen atoms in total. The molecule has 0 saturated carbocycles. The van der Waals surface area contributed by atoms with E-state index in [4.69, 9.17) is 0 Å². The van der Waals surface area contributed by atoms with E-state index < -0.39 is 0 Å². The molecule has 3 heteroatoms. The van der Waals surface area contributed by atoms with Crippen molar-refractivity contribution in [3.63, 3.8) is 0 Å². The molecule has 0 aliphatic rings. The van der Waals surface area contributed by atoms with Gasteiger partial charge < -0.3 is 5.32 Å². The van der Waals surface area contributed by atoms with Gasteiger partial charge in [-0.05, 0) is 43.0 Å². The molecule has 0 aliphatic heterocycles. The first-order valence-corrected chi connectivity index (χ1v) is 6.11. The van der Waals surface area contributed by atoms with Crippen LogP contribution >= 0.6 is 11.3 Å². The molecular weight excluding hydrogens is 221 g/mol. The smallest absolute Gasteiger partial charge is 0.128 e. The minimum atomic E-state index is -0.164. The van der Waals surface area contributed by atoms with Crippen molar-refractivity contribution in [3.05, 3.63) is 52.0 Å². The normalized spacial score (nSPS) is 12.4. The van der Waals surface area contributed by atoms with Crippen molar-refractivity contribution >= 4 is 17.0 Å². The lowest BCUT2D eigenvalue weighted by molar-refractivity contribution is 0.618. The van der Waals surface area contributed by atoms with Crippen LogP contribution in [0.15, 0.2) is 35.7 Å². The zero-order valence-corrected chi connectivity index (χ0v) is 10.1. The van der Waals surface area contributed by atoms with E-state index in [9.17, 15) is 4.39 Å². The van der Waals surface area contributed by atoms with Gasteiger partial charge >= 0.3 is 0 Å². The van der Waals surface area contributed by atoms with Crippen molar-refractivity contribution in [1.82, 2.24) is 0 Å². The van der Waals surface area contributed by atoms with Crippen LogP contribution < -0.4 is 5.32 Å². The Balaban J connectivity index is 2.12. The molecule has 0 saturated heterocycles. The van der Waals surface area contributed by atoms with Crippen LogP contribution in [-0.2, 0) is 0 Å². The van der Waals surface area contributed by atoms with E-state index in [0.717, 1.165) is 5.69 Å². The molecule has 2 aromatic rings. The minimum Gasteiger partial charge on any atom is -0.378 e. The quantitative estimate of drug-likeness (QED) is 0.833. The lowest BCUT2D eigenvalue weighted by Crippen LogP contribution is -2.05. The lowest BCUT2D eigenvalue weighted by Gasteiger charge is -2.14. The summed E-state index contributed by atoms with van der Waals surface area (Å²) in [6.45, 7) is 3.84. The SMILES string of the molecule is Cc1ccc(NC(C)c2cccs2)cc1F. The summed E-state index contributed by atoms with van der Waals surface area (Å²) in [6.07, 6.45) is 0. The number of anilines is 1. The summed E-state index contributed by atoms with van der Waals surface area (Å²) in [5.74, 6) is -0.164. The van der Waals surface area contributed by atoms with Crippen LogP contribution in [0.3, 0.4) is 0 Å². The van der Waals surface area contributed by atoms with Crippen molar-refractivity contribution in [2.45, 2.75) is 19.9 Å². The molecule has 2 rings (SSSR count). The van der Waals surface area contributed by atoms with Gasteiger partial charge in [0.1, 0.15) is 5.82 Å². The molecule has 1 N–H and O–H groups in total. The number of aryl methyl sites for hydroxylation is 1. The first kappa shape index (κ1) is 11.1. The third-order valence-electron chi connectivity index (χ3n) is 2.52. The summed E-state index contributed by atoms with van der Waals surface area (Å²) in [4.78, 5) is 1.25. The monoisotopic (exact) mass is 235 g/mol. The van der Waals surface area contributed by atoms with E-state index >= 15 is 0 Å². The number of hydrogen-bond donors (Lipinski definition) is 1. The van der Waals surface area contributed by atoms with Gasteiger partial charge in [-0.2, -0.15) is 0 Å². The molecule has 1 aromatic heterocycles. The number of halogens is 1. The Bertz CT molecular complexity index is 465. The van der Waals surface area contributed by atoms with E-state index in [2.05, 4.69) is 18.3 Å². The third-order valence-corrected chi connectivity index (χ3v) is 3.58. The maximum Gasteiger partial charge on any atom is 0.128 e. The summed E-state index contributed by atoms with van der Waals surface area (Å²) in [6, 6.07) is 9.55. The molecule has 0 amide bonds. The molecule has 1 atom stereocenters. The van der Waals surface area contributed by atoms with Gasteiger partial charge in [0.2, 0.25) is 0 Å². The first-order valence-electron chi connectivity index (χ1n) is 5.23. The summed E-state index contributed by atoms with van der Waals surface area (Å²) < 4.78 is 13.3. The Labute approximate surface area is 98.9 Å². The maximum absolute atomic E-state index is 13.3. The molecule has 1 aromatic carbocycles. The Morgan fingerprint density at radius 1 is 1.31 bits per heavy atom. The van der Waals surface area contributed by atoms with Gasteiger partial charge in [-0.1, -0.05) is 12.1 Å². The fourth-order valence-corrected chi connectivity index (χ4v) is 2.28. The summed E-state index contributed by atoms with van der Waals surface area (Å²) in [5, 5.41) is 5.33. The van der Waals surface area contributed by atoms with Gasteiger partial charge in [-0.25, -0.2) is 4.39 Å². The number of rotatable bonds is 3. The van der Waals surface area contributed by atoms with Crippen LogP contribution in [0.2, 0.25) is 0 Å². The van der Waals surface area contributed by atoms with E-state index in [0.29, 0.717) is 5.56 Å². The lowest BCUT2D eigenvalue weighted by atomic mass is 10.2. The van der Waals surface area contributed by atoms with Crippen LogP contribution in [0.4, 0.5) is 10.1 Å². The Hall–Kier alpha value is -1.35. The van der Waals surface area contributed by atoms with Gasteiger partial charge in [-0.15, -0.1) is 11.3 Å². The molecule has 16 heavy (non-hydrogen) atoms. The average molecular weight is 235 g/mol. The van der Waals surface area contributed by atoms with Crippen LogP contribution in [0.25, 0.3) is 0 Å². The van der Waals surface area contributed by atoms with Crippen molar-refractivity contribution in [1.29, 1.82) is 0 Å². The van der Waals surface area contributed by atoms with Crippen LogP contribution in [0.1, 0.15) is 23.4 Å². The maximum atomic E-state index is 13.3. The number of benzene rings is 1. The fraction of sp³-hybridized carbons (Fsp3) is 0.231. The van der Waals surface area contributed by atoms with Crippen LogP contribution in [0.5, 0.6) is 0 Å². The topological polar surface area (TPSA) is 12.0 Å². The van der Waals surface area contributed by atoms with Crippen molar-refractivity contribution in [2.24, 2.45) is 0 Å². The highest BCUT2D eigenvalue weighted by Crippen LogP contribution is 2.23. The van der Waals surface area contributed by atoms with E-state index in [1.165, 1.54) is 4.88 Å². The molecule has 0 fully saturated rings. The summed E-state index contributed by atoms with van der Waals surface area (Å²) in [7, 11) is 0. The van der Waals surface area contributed by atoms with Crippen molar-refractivity contribution in [2.75, 3.05) is 5.32 Å². The molecule has 0 spiro atoms. The summed E-state index contributed by atoms with van der Waals surface area (Å²) in [5.41, 5.74) is 1.50. The van der Waals surface area contributed by atoms with Gasteiger partial charge in [0.25, 0.3) is 0 Å². The highest BCUT2D eigenvalue weighted by Gasteiger charge is 2.06. The summed E-state index contributed by atoms with van der Waals surface area (Å²) >= 11 is 1.70. The first-order chi connectivity index (χ1) is 7.66. The Morgan fingerprint density at radius 2 is 2.12 bits per heavy atom. The van der Waals surface area contributed by atoms with Crippen LogP contribution in [-0.4, -0.2) is 0 Å². The van der Waals surface area contributed by atoms with Gasteiger partial charge in [-0.3, -0.25) is 0 Å². The zero-order chi connectivity index (χ0) is 11.5.